The largest absolute Gasteiger partial charge is 0.491 e. The van der Waals surface area contributed by atoms with Crippen LogP contribution in [0, 0.1) is 0 Å². The topological polar surface area (TPSA) is 69.0 Å². The molecule has 6 heteroatoms. The standard InChI is InChI=1S/C16H22N4O2/c1-11(2)22-15-7-5-6-14(8-15)12(3)19-16(21)13(4)20-10-17-9-18-20/h5-13H,1-4H3,(H,19,21). The minimum absolute atomic E-state index is 0.104. The molecule has 2 unspecified atom stereocenters. The highest BCUT2D eigenvalue weighted by atomic mass is 16.5. The first-order valence-corrected chi connectivity index (χ1v) is 7.38. The van der Waals surface area contributed by atoms with Gasteiger partial charge in [0.15, 0.2) is 0 Å². The Hall–Kier alpha value is -2.37. The smallest absolute Gasteiger partial charge is 0.245 e. The number of ether oxygens (including phenoxy) is 1. The third-order valence-corrected chi connectivity index (χ3v) is 3.30. The van der Waals surface area contributed by atoms with E-state index in [9.17, 15) is 4.79 Å². The molecule has 0 saturated carbocycles. The van der Waals surface area contributed by atoms with Crippen molar-refractivity contribution in [3.05, 3.63) is 42.5 Å². The van der Waals surface area contributed by atoms with Crippen molar-refractivity contribution in [1.82, 2.24) is 20.1 Å². The fourth-order valence-electron chi connectivity index (χ4n) is 2.08. The number of hydrogen-bond acceptors (Lipinski definition) is 4. The van der Waals surface area contributed by atoms with Gasteiger partial charge in [0.05, 0.1) is 12.1 Å². The lowest BCUT2D eigenvalue weighted by atomic mass is 10.1. The maximum atomic E-state index is 12.3. The molecular weight excluding hydrogens is 280 g/mol. The van der Waals surface area contributed by atoms with Crippen molar-refractivity contribution in [2.45, 2.75) is 45.9 Å². The molecule has 0 aliphatic heterocycles. The van der Waals surface area contributed by atoms with Crippen LogP contribution in [0.5, 0.6) is 5.75 Å². The molecule has 0 fully saturated rings. The molecule has 22 heavy (non-hydrogen) atoms. The van der Waals surface area contributed by atoms with E-state index < -0.39 is 6.04 Å². The molecule has 0 bridgehead atoms. The lowest BCUT2D eigenvalue weighted by molar-refractivity contribution is -0.124. The number of rotatable bonds is 6. The van der Waals surface area contributed by atoms with Crippen LogP contribution in [-0.4, -0.2) is 26.8 Å². The Balaban J connectivity index is 2.02. The van der Waals surface area contributed by atoms with Gasteiger partial charge in [-0.15, -0.1) is 0 Å². The van der Waals surface area contributed by atoms with E-state index in [-0.39, 0.29) is 18.1 Å². The van der Waals surface area contributed by atoms with Crippen LogP contribution in [0.3, 0.4) is 0 Å². The summed E-state index contributed by atoms with van der Waals surface area (Å²) in [4.78, 5) is 16.1. The average molecular weight is 302 g/mol. The van der Waals surface area contributed by atoms with Crippen molar-refractivity contribution < 1.29 is 9.53 Å². The summed E-state index contributed by atoms with van der Waals surface area (Å²) >= 11 is 0. The molecule has 2 aromatic rings. The number of benzene rings is 1. The molecule has 0 spiro atoms. The zero-order valence-electron chi connectivity index (χ0n) is 13.4. The number of nitrogens with one attached hydrogen (secondary N) is 1. The summed E-state index contributed by atoms with van der Waals surface area (Å²) in [5, 5.41) is 6.97. The Morgan fingerprint density at radius 3 is 2.68 bits per heavy atom. The van der Waals surface area contributed by atoms with E-state index in [1.54, 1.807) is 6.92 Å². The Morgan fingerprint density at radius 1 is 1.27 bits per heavy atom. The molecule has 1 heterocycles. The van der Waals surface area contributed by atoms with Gasteiger partial charge in [0.2, 0.25) is 5.91 Å². The maximum Gasteiger partial charge on any atom is 0.245 e. The number of amides is 1. The average Bonchev–Trinajstić information content (AvgIpc) is 3.00. The molecular formula is C16H22N4O2. The summed E-state index contributed by atoms with van der Waals surface area (Å²) in [6.07, 6.45) is 3.07. The van der Waals surface area contributed by atoms with E-state index >= 15 is 0 Å². The van der Waals surface area contributed by atoms with Crippen LogP contribution >= 0.6 is 0 Å². The molecule has 6 nitrogen and oxygen atoms in total. The van der Waals surface area contributed by atoms with Gasteiger partial charge in [-0.25, -0.2) is 9.67 Å². The number of nitrogens with zero attached hydrogens (tertiary/aromatic N) is 3. The highest BCUT2D eigenvalue weighted by Gasteiger charge is 2.18. The Labute approximate surface area is 130 Å². The second kappa shape index (κ2) is 7.06. The van der Waals surface area contributed by atoms with Crippen molar-refractivity contribution in [3.8, 4) is 5.75 Å². The first kappa shape index (κ1) is 16.0. The summed E-state index contributed by atoms with van der Waals surface area (Å²) in [6.45, 7) is 7.70. The van der Waals surface area contributed by atoms with E-state index in [1.807, 2.05) is 45.0 Å². The number of carbonyl (C=O) groups excluding carboxylic acids is 1. The summed E-state index contributed by atoms with van der Waals surface area (Å²) < 4.78 is 7.21. The summed E-state index contributed by atoms with van der Waals surface area (Å²) in [5.41, 5.74) is 0.997. The fraction of sp³-hybridized carbons (Fsp3) is 0.438. The fourth-order valence-corrected chi connectivity index (χ4v) is 2.08. The van der Waals surface area contributed by atoms with Gasteiger partial charge in [0, 0.05) is 0 Å². The molecule has 0 aliphatic carbocycles. The van der Waals surface area contributed by atoms with Crippen molar-refractivity contribution in [1.29, 1.82) is 0 Å². The Kier molecular flexibility index (Phi) is 5.14. The van der Waals surface area contributed by atoms with E-state index in [1.165, 1.54) is 17.3 Å². The van der Waals surface area contributed by atoms with E-state index in [0.717, 1.165) is 11.3 Å². The Bertz CT molecular complexity index is 610. The van der Waals surface area contributed by atoms with Crippen LogP contribution < -0.4 is 10.1 Å². The lowest BCUT2D eigenvalue weighted by Crippen LogP contribution is -2.33. The zero-order valence-corrected chi connectivity index (χ0v) is 13.4. The van der Waals surface area contributed by atoms with Crippen molar-refractivity contribution >= 4 is 5.91 Å². The minimum Gasteiger partial charge on any atom is -0.491 e. The summed E-state index contributed by atoms with van der Waals surface area (Å²) in [6, 6.07) is 7.24. The summed E-state index contributed by atoms with van der Waals surface area (Å²) in [7, 11) is 0. The third-order valence-electron chi connectivity index (χ3n) is 3.30. The van der Waals surface area contributed by atoms with Gasteiger partial charge >= 0.3 is 0 Å². The van der Waals surface area contributed by atoms with E-state index in [0.29, 0.717) is 0 Å². The van der Waals surface area contributed by atoms with Crippen LogP contribution in [0.25, 0.3) is 0 Å². The van der Waals surface area contributed by atoms with Crippen LogP contribution in [0.2, 0.25) is 0 Å². The van der Waals surface area contributed by atoms with Crippen LogP contribution in [0.15, 0.2) is 36.9 Å². The van der Waals surface area contributed by atoms with Crippen LogP contribution in [0.4, 0.5) is 0 Å². The van der Waals surface area contributed by atoms with Crippen molar-refractivity contribution in [3.63, 3.8) is 0 Å². The SMILES string of the molecule is CC(C)Oc1cccc(C(C)NC(=O)C(C)n2cncn2)c1. The molecule has 2 atom stereocenters. The highest BCUT2D eigenvalue weighted by molar-refractivity contribution is 5.80. The molecule has 1 N–H and O–H groups in total. The molecule has 2 rings (SSSR count). The first-order chi connectivity index (χ1) is 10.5. The summed E-state index contributed by atoms with van der Waals surface area (Å²) in [5.74, 6) is 0.700. The van der Waals surface area contributed by atoms with Gasteiger partial charge in [0.1, 0.15) is 24.4 Å². The predicted molar refractivity (Wildman–Crippen MR) is 83.5 cm³/mol. The van der Waals surface area contributed by atoms with Gasteiger partial charge in [-0.2, -0.15) is 5.10 Å². The van der Waals surface area contributed by atoms with Gasteiger partial charge in [-0.3, -0.25) is 4.79 Å². The number of aromatic nitrogens is 3. The molecule has 0 aliphatic rings. The monoisotopic (exact) mass is 302 g/mol. The van der Waals surface area contributed by atoms with Crippen molar-refractivity contribution in [2.75, 3.05) is 0 Å². The van der Waals surface area contributed by atoms with E-state index in [2.05, 4.69) is 15.4 Å². The molecule has 1 aromatic heterocycles. The zero-order chi connectivity index (χ0) is 16.1. The van der Waals surface area contributed by atoms with Crippen molar-refractivity contribution in [2.24, 2.45) is 0 Å². The molecule has 118 valence electrons. The quantitative estimate of drug-likeness (QED) is 0.890. The predicted octanol–water partition coefficient (Wildman–Crippen LogP) is 2.50. The normalized spacial score (nSPS) is 13.7. The van der Waals surface area contributed by atoms with Crippen LogP contribution in [0.1, 0.15) is 45.3 Å². The molecule has 0 radical (unpaired) electrons. The maximum absolute atomic E-state index is 12.3. The molecule has 1 aromatic carbocycles. The van der Waals surface area contributed by atoms with E-state index in [4.69, 9.17) is 4.74 Å². The number of carbonyl (C=O) groups is 1. The molecule has 0 saturated heterocycles. The first-order valence-electron chi connectivity index (χ1n) is 7.38. The number of hydrogen-bond donors (Lipinski definition) is 1. The molecule has 1 amide bonds. The second-order valence-electron chi connectivity index (χ2n) is 5.52. The van der Waals surface area contributed by atoms with Gasteiger partial charge in [-0.05, 0) is 45.4 Å². The van der Waals surface area contributed by atoms with Crippen LogP contribution in [-0.2, 0) is 4.79 Å². The Morgan fingerprint density at radius 2 is 2.05 bits per heavy atom. The minimum atomic E-state index is -0.403. The van der Waals surface area contributed by atoms with Gasteiger partial charge < -0.3 is 10.1 Å². The highest BCUT2D eigenvalue weighted by Crippen LogP contribution is 2.20. The van der Waals surface area contributed by atoms with Gasteiger partial charge in [0.25, 0.3) is 0 Å². The lowest BCUT2D eigenvalue weighted by Gasteiger charge is -2.19. The second-order valence-corrected chi connectivity index (χ2v) is 5.52. The third kappa shape index (κ3) is 4.07. The van der Waals surface area contributed by atoms with Gasteiger partial charge in [-0.1, -0.05) is 12.1 Å².